The molecule has 0 bridgehead atoms. The summed E-state index contributed by atoms with van der Waals surface area (Å²) in [6, 6.07) is 1.28. The van der Waals surface area contributed by atoms with Crippen LogP contribution in [0.4, 0.5) is 4.39 Å². The van der Waals surface area contributed by atoms with Crippen LogP contribution >= 0.6 is 0 Å². The third-order valence-corrected chi connectivity index (χ3v) is 10.9. The van der Waals surface area contributed by atoms with Crippen LogP contribution < -0.4 is 15.4 Å². The molecule has 0 radical (unpaired) electrons. The summed E-state index contributed by atoms with van der Waals surface area (Å²) < 4.78 is 30.8. The van der Waals surface area contributed by atoms with Gasteiger partial charge in [0.05, 0.1) is 62.4 Å². The number of nitrogens with zero attached hydrogens (tertiary/aromatic N) is 3. The van der Waals surface area contributed by atoms with Crippen LogP contribution in [0.25, 0.3) is 0 Å². The lowest BCUT2D eigenvalue weighted by Crippen LogP contribution is -2.59. The summed E-state index contributed by atoms with van der Waals surface area (Å²) in [6.45, 7) is 12.8. The molecule has 1 saturated heterocycles. The van der Waals surface area contributed by atoms with Gasteiger partial charge in [0.1, 0.15) is 6.04 Å². The number of hydrogen-bond donors (Lipinski definition) is 3. The summed E-state index contributed by atoms with van der Waals surface area (Å²) in [6.07, 6.45) is -1.79. The maximum Gasteiger partial charge on any atom is 0.245 e. The van der Waals surface area contributed by atoms with Crippen molar-refractivity contribution in [1.82, 2.24) is 25.3 Å². The molecule has 15 heteroatoms. The Bertz CT molecular complexity index is 1450. The summed E-state index contributed by atoms with van der Waals surface area (Å²) in [5.41, 5.74) is 0.0644. The number of β-amino-alcohol motifs (C(OH)–C–C–N with tert-alkyl or cyclic N) is 1. The lowest BCUT2D eigenvalue weighted by molar-refractivity contribution is -0.148. The second-order valence-electron chi connectivity index (χ2n) is 15.7. The van der Waals surface area contributed by atoms with Crippen molar-refractivity contribution in [1.29, 1.82) is 0 Å². The van der Waals surface area contributed by atoms with Gasteiger partial charge in [0.2, 0.25) is 23.6 Å². The number of carbonyl (C=O) groups is 5. The first-order valence-electron chi connectivity index (χ1n) is 19.2. The number of rotatable bonds is 21. The van der Waals surface area contributed by atoms with Crippen molar-refractivity contribution >= 4 is 29.4 Å². The molecule has 0 aromatic heterocycles. The lowest BCUT2D eigenvalue weighted by Gasteiger charge is -2.41. The highest BCUT2D eigenvalue weighted by Crippen LogP contribution is 2.30. The maximum absolute atomic E-state index is 14.2. The summed E-state index contributed by atoms with van der Waals surface area (Å²) in [5, 5.41) is 16.4. The van der Waals surface area contributed by atoms with Crippen LogP contribution in [0.1, 0.15) is 78.1 Å². The molecule has 1 aromatic carbocycles. The Morgan fingerprint density at radius 2 is 1.60 bits per heavy atom. The van der Waals surface area contributed by atoms with E-state index in [-0.39, 0.29) is 66.2 Å². The molecule has 2 rings (SSSR count). The molecule has 312 valence electrons. The van der Waals surface area contributed by atoms with Crippen molar-refractivity contribution in [2.75, 3.05) is 55.6 Å². The van der Waals surface area contributed by atoms with E-state index in [0.29, 0.717) is 6.42 Å². The van der Waals surface area contributed by atoms with Crippen molar-refractivity contribution in [2.24, 2.45) is 23.7 Å². The molecule has 3 N–H and O–H groups in total. The van der Waals surface area contributed by atoms with E-state index in [9.17, 15) is 33.5 Å². The highest BCUT2D eigenvalue weighted by atomic mass is 19.1. The van der Waals surface area contributed by atoms with Gasteiger partial charge in [-0.1, -0.05) is 54.9 Å². The number of methoxy groups -OCH3 is 3. The molecule has 1 aliphatic heterocycles. The number of nitrogens with one attached hydrogen (secondary N) is 2. The predicted molar refractivity (Wildman–Crippen MR) is 207 cm³/mol. The SMILES string of the molecule is CC[C@H](C)[C@@H]([C@@H](CC(=O)N1C[C@@H](O)C[C@H]1[C@H](OC)[C@@H](C)C(=O)NCC(=O)c1ccc(OC)c(F)c1)OC)N(C)C(=O)[C@@H](NC(=O)[C@H](C(C)C)N(C)C)C(C)C. The van der Waals surface area contributed by atoms with Crippen molar-refractivity contribution in [3.63, 3.8) is 0 Å². The number of halogens is 1. The molecule has 1 aliphatic rings. The van der Waals surface area contributed by atoms with Gasteiger partial charge < -0.3 is 39.8 Å². The highest BCUT2D eigenvalue weighted by molar-refractivity contribution is 5.99. The number of aliphatic hydroxyl groups is 1. The maximum atomic E-state index is 14.2. The van der Waals surface area contributed by atoms with Gasteiger partial charge in [-0.15, -0.1) is 0 Å². The van der Waals surface area contributed by atoms with Crippen molar-refractivity contribution < 1.29 is 47.7 Å². The zero-order chi connectivity index (χ0) is 41.9. The number of hydrogen-bond acceptors (Lipinski definition) is 10. The van der Waals surface area contributed by atoms with Crippen molar-refractivity contribution in [3.8, 4) is 5.75 Å². The number of likely N-dealkylation sites (tertiary alicyclic amines) is 1. The molecule has 9 atom stereocenters. The second-order valence-corrected chi connectivity index (χ2v) is 15.7. The topological polar surface area (TPSA) is 167 Å². The Balaban J connectivity index is 2.27. The number of amides is 4. The van der Waals surface area contributed by atoms with Gasteiger partial charge in [-0.3, -0.25) is 28.9 Å². The fourth-order valence-electron chi connectivity index (χ4n) is 7.68. The Morgan fingerprint density at radius 3 is 2.09 bits per heavy atom. The average Bonchev–Trinajstić information content (AvgIpc) is 3.52. The molecular weight excluding hydrogens is 713 g/mol. The highest BCUT2D eigenvalue weighted by Gasteiger charge is 2.45. The standard InChI is InChI=1S/C40H66FN5O9/c1-14-24(6)36(45(10)40(52)34(22(2)3)43-39(51)35(23(4)5)44(8)9)32(54-12)19-33(49)46-21-27(47)18-29(46)37(55-13)25(7)38(50)42-20-30(48)26-15-16-31(53-11)28(41)17-26/h15-17,22-25,27,29,32,34-37,47H,14,18-21H2,1-13H3,(H,42,50)(H,43,51)/t24-,25+,27-,29-,32+,34-,35-,36-,37+/m0/s1. The van der Waals surface area contributed by atoms with E-state index in [1.165, 1.54) is 38.4 Å². The molecule has 0 saturated carbocycles. The van der Waals surface area contributed by atoms with E-state index in [2.05, 4.69) is 10.6 Å². The molecule has 14 nitrogen and oxygen atoms in total. The molecule has 4 amide bonds. The molecule has 0 spiro atoms. The number of ketones is 1. The molecule has 0 unspecified atom stereocenters. The van der Waals surface area contributed by atoms with Crippen LogP contribution in [-0.4, -0.2) is 147 Å². The van der Waals surface area contributed by atoms with Crippen molar-refractivity contribution in [2.45, 2.75) is 110 Å². The number of benzene rings is 1. The van der Waals surface area contributed by atoms with E-state index in [1.807, 2.05) is 60.5 Å². The minimum absolute atomic E-state index is 0.00275. The number of likely N-dealkylation sites (N-methyl/N-ethyl adjacent to an activating group) is 2. The summed E-state index contributed by atoms with van der Waals surface area (Å²) in [5.74, 6) is -3.81. The molecule has 0 aliphatic carbocycles. The third-order valence-electron chi connectivity index (χ3n) is 10.9. The van der Waals surface area contributed by atoms with Crippen LogP contribution in [0, 0.1) is 29.5 Å². The fraction of sp³-hybridized carbons (Fsp3) is 0.725. The van der Waals surface area contributed by atoms with E-state index in [1.54, 1.807) is 18.9 Å². The Morgan fingerprint density at radius 1 is 0.964 bits per heavy atom. The number of ether oxygens (including phenoxy) is 3. The molecular formula is C40H66FN5O9. The Labute approximate surface area is 326 Å². The first-order chi connectivity index (χ1) is 25.7. The van der Waals surface area contributed by atoms with E-state index >= 15 is 0 Å². The Hall–Kier alpha value is -3.66. The lowest BCUT2D eigenvalue weighted by atomic mass is 9.89. The quantitative estimate of drug-likeness (QED) is 0.158. The van der Waals surface area contributed by atoms with Gasteiger partial charge in [-0.2, -0.15) is 0 Å². The van der Waals surface area contributed by atoms with Gasteiger partial charge in [0.15, 0.2) is 17.3 Å². The van der Waals surface area contributed by atoms with Gasteiger partial charge in [0.25, 0.3) is 0 Å². The number of Topliss-reactive ketones (excluding diaryl/α,β-unsaturated/α-hetero) is 1. The van der Waals surface area contributed by atoms with Crippen LogP contribution in [0.3, 0.4) is 0 Å². The number of carbonyl (C=O) groups excluding carboxylic acids is 5. The molecule has 55 heavy (non-hydrogen) atoms. The minimum atomic E-state index is -0.878. The van der Waals surface area contributed by atoms with E-state index in [4.69, 9.17) is 14.2 Å². The largest absolute Gasteiger partial charge is 0.494 e. The van der Waals surface area contributed by atoms with Gasteiger partial charge >= 0.3 is 0 Å². The predicted octanol–water partition coefficient (Wildman–Crippen LogP) is 2.75. The molecule has 1 aromatic rings. The third kappa shape index (κ3) is 12.2. The monoisotopic (exact) mass is 779 g/mol. The fourth-order valence-corrected chi connectivity index (χ4v) is 7.68. The first-order valence-corrected chi connectivity index (χ1v) is 19.2. The van der Waals surface area contributed by atoms with Gasteiger partial charge in [0, 0.05) is 33.4 Å². The first kappa shape index (κ1) is 47.5. The smallest absolute Gasteiger partial charge is 0.245 e. The summed E-state index contributed by atoms with van der Waals surface area (Å²) in [4.78, 5) is 72.7. The Kier molecular flexibility index (Phi) is 18.6. The summed E-state index contributed by atoms with van der Waals surface area (Å²) in [7, 11) is 9.54. The minimum Gasteiger partial charge on any atom is -0.494 e. The molecule has 1 heterocycles. The normalized spacial score (nSPS) is 19.7. The number of aliphatic hydroxyl groups excluding tert-OH is 1. The van der Waals surface area contributed by atoms with Crippen LogP contribution in [0.15, 0.2) is 18.2 Å². The van der Waals surface area contributed by atoms with Gasteiger partial charge in [-0.05, 0) is 56.5 Å². The van der Waals surface area contributed by atoms with Crippen LogP contribution in [-0.2, 0) is 28.7 Å². The second kappa shape index (κ2) is 21.6. The van der Waals surface area contributed by atoms with Gasteiger partial charge in [-0.25, -0.2) is 4.39 Å². The van der Waals surface area contributed by atoms with E-state index < -0.39 is 72.4 Å². The van der Waals surface area contributed by atoms with Crippen molar-refractivity contribution in [3.05, 3.63) is 29.6 Å². The average molecular weight is 780 g/mol. The van der Waals surface area contributed by atoms with Crippen LogP contribution in [0.5, 0.6) is 5.75 Å². The van der Waals surface area contributed by atoms with Crippen LogP contribution in [0.2, 0.25) is 0 Å². The summed E-state index contributed by atoms with van der Waals surface area (Å²) >= 11 is 0. The zero-order valence-corrected chi connectivity index (χ0v) is 35.1. The molecule has 1 fully saturated rings. The van der Waals surface area contributed by atoms with E-state index in [0.717, 1.165) is 6.07 Å². The zero-order valence-electron chi connectivity index (χ0n) is 35.1.